The minimum absolute atomic E-state index is 0.0474. The third-order valence-corrected chi connectivity index (χ3v) is 7.58. The Morgan fingerprint density at radius 1 is 1.24 bits per heavy atom. The number of benzene rings is 1. The van der Waals surface area contributed by atoms with E-state index in [9.17, 15) is 9.59 Å². The summed E-state index contributed by atoms with van der Waals surface area (Å²) in [7, 11) is 0. The minimum Gasteiger partial charge on any atom is -0.446 e. The average molecular weight is 472 g/mol. The number of nitrogens with one attached hydrogen (secondary N) is 2. The summed E-state index contributed by atoms with van der Waals surface area (Å²) >= 11 is 1.49. The summed E-state index contributed by atoms with van der Waals surface area (Å²) < 4.78 is 11.3. The van der Waals surface area contributed by atoms with Crippen LogP contribution in [-0.4, -0.2) is 37.4 Å². The summed E-state index contributed by atoms with van der Waals surface area (Å²) in [5, 5.41) is 6.53. The Labute approximate surface area is 199 Å². The Morgan fingerprint density at radius 2 is 2.06 bits per heavy atom. The number of fused-ring (bicyclic) bond motifs is 1. The van der Waals surface area contributed by atoms with Crippen molar-refractivity contribution in [3.05, 3.63) is 46.3 Å². The quantitative estimate of drug-likeness (QED) is 0.547. The van der Waals surface area contributed by atoms with Gasteiger partial charge in [-0.15, -0.1) is 11.3 Å². The van der Waals surface area contributed by atoms with E-state index >= 15 is 0 Å². The van der Waals surface area contributed by atoms with E-state index in [4.69, 9.17) is 15.2 Å². The summed E-state index contributed by atoms with van der Waals surface area (Å²) in [6.45, 7) is 3.29. The molecule has 4 rings (SSSR count). The van der Waals surface area contributed by atoms with Crippen molar-refractivity contribution >= 4 is 34.0 Å². The molecule has 0 saturated carbocycles. The lowest BCUT2D eigenvalue weighted by atomic mass is 9.95. The molecule has 0 radical (unpaired) electrons. The first-order valence-corrected chi connectivity index (χ1v) is 12.6. The Morgan fingerprint density at radius 3 is 2.82 bits per heavy atom. The highest BCUT2D eigenvalue weighted by Gasteiger charge is 2.28. The molecule has 4 N–H and O–H groups in total. The van der Waals surface area contributed by atoms with E-state index in [0.29, 0.717) is 30.1 Å². The second-order valence-corrected chi connectivity index (χ2v) is 10.1. The first-order chi connectivity index (χ1) is 16.0. The van der Waals surface area contributed by atoms with E-state index in [1.54, 1.807) is 0 Å². The van der Waals surface area contributed by atoms with E-state index in [1.165, 1.54) is 11.3 Å². The number of anilines is 2. The molecule has 1 aromatic carbocycles. The molecule has 3 unspecified atom stereocenters. The molecule has 33 heavy (non-hydrogen) atoms. The van der Waals surface area contributed by atoms with Crippen LogP contribution in [0.1, 0.15) is 60.9 Å². The fourth-order valence-electron chi connectivity index (χ4n) is 4.49. The Hall–Kier alpha value is -2.58. The number of alkyl carbamates (subject to hydrolysis) is 1. The van der Waals surface area contributed by atoms with Gasteiger partial charge in [0.25, 0.3) is 0 Å². The number of amides is 2. The van der Waals surface area contributed by atoms with E-state index in [0.717, 1.165) is 54.7 Å². The Bertz CT molecular complexity index is 956. The molecular weight excluding hydrogens is 438 g/mol. The van der Waals surface area contributed by atoms with Crippen LogP contribution in [0.5, 0.6) is 0 Å². The lowest BCUT2D eigenvalue weighted by molar-refractivity contribution is -0.116. The minimum atomic E-state index is -0.398. The second kappa shape index (κ2) is 11.0. The van der Waals surface area contributed by atoms with Crippen LogP contribution in [0.25, 0.3) is 0 Å². The zero-order valence-corrected chi connectivity index (χ0v) is 19.9. The van der Waals surface area contributed by atoms with Gasteiger partial charge in [-0.3, -0.25) is 4.79 Å². The molecule has 1 fully saturated rings. The highest BCUT2D eigenvalue weighted by atomic mass is 32.1. The topological polar surface area (TPSA) is 103 Å². The summed E-state index contributed by atoms with van der Waals surface area (Å²) in [4.78, 5) is 25.9. The molecule has 7 nitrogen and oxygen atoms in total. The molecule has 1 aliphatic heterocycles. The third kappa shape index (κ3) is 6.26. The van der Waals surface area contributed by atoms with Gasteiger partial charge < -0.3 is 25.8 Å². The van der Waals surface area contributed by atoms with Gasteiger partial charge in [0.2, 0.25) is 5.91 Å². The predicted molar refractivity (Wildman–Crippen MR) is 131 cm³/mol. The molecule has 2 aliphatic rings. The van der Waals surface area contributed by atoms with Crippen molar-refractivity contribution < 1.29 is 19.1 Å². The molecule has 1 aromatic heterocycles. The van der Waals surface area contributed by atoms with Crippen LogP contribution in [0.15, 0.2) is 30.3 Å². The van der Waals surface area contributed by atoms with E-state index < -0.39 is 6.09 Å². The standard InChI is InChI=1S/C25H33N3O4S/c1-16(17-7-3-2-4-8-17)13-22(29)28-24-23(26)20-11-10-18(14-21(20)33-24)32-25(30)27-15-19-9-5-6-12-31-19/h2-4,7-8,16,18-19H,5-6,9-15,26H2,1H3,(H,27,30)(H,28,29). The molecule has 2 heterocycles. The van der Waals surface area contributed by atoms with Crippen LogP contribution in [0.4, 0.5) is 15.5 Å². The van der Waals surface area contributed by atoms with E-state index in [2.05, 4.69) is 10.6 Å². The molecule has 8 heteroatoms. The van der Waals surface area contributed by atoms with Crippen molar-refractivity contribution in [2.24, 2.45) is 0 Å². The van der Waals surface area contributed by atoms with Crippen molar-refractivity contribution in [2.45, 2.75) is 70.0 Å². The van der Waals surface area contributed by atoms with E-state index in [1.807, 2.05) is 37.3 Å². The first kappa shape index (κ1) is 23.6. The molecular formula is C25H33N3O4S. The number of carbonyl (C=O) groups is 2. The lowest BCUT2D eigenvalue weighted by Gasteiger charge is -2.25. The highest BCUT2D eigenvalue weighted by Crippen LogP contribution is 2.41. The number of nitrogens with two attached hydrogens (primary N) is 1. The zero-order valence-electron chi connectivity index (χ0n) is 19.1. The van der Waals surface area contributed by atoms with Crippen LogP contribution in [0.3, 0.4) is 0 Å². The largest absolute Gasteiger partial charge is 0.446 e. The van der Waals surface area contributed by atoms with Gasteiger partial charge in [0.1, 0.15) is 11.1 Å². The number of rotatable bonds is 7. The summed E-state index contributed by atoms with van der Waals surface area (Å²) in [6.07, 6.45) is 5.15. The molecule has 2 aromatic rings. The normalized spacial score (nSPS) is 21.0. The number of hydrogen-bond acceptors (Lipinski definition) is 6. The summed E-state index contributed by atoms with van der Waals surface area (Å²) in [5.74, 6) is 0.0751. The Kier molecular flexibility index (Phi) is 7.88. The van der Waals surface area contributed by atoms with Gasteiger partial charge in [-0.25, -0.2) is 4.79 Å². The molecule has 178 valence electrons. The average Bonchev–Trinajstić information content (AvgIpc) is 3.13. The SMILES string of the molecule is CC(CC(=O)Nc1sc2c(c1N)CCC(OC(=O)NCC1CCCCO1)C2)c1ccccc1. The number of carbonyl (C=O) groups excluding carboxylic acids is 2. The fraction of sp³-hybridized carbons (Fsp3) is 0.520. The molecule has 0 spiro atoms. The maximum atomic E-state index is 12.6. The van der Waals surface area contributed by atoms with Crippen LogP contribution >= 0.6 is 11.3 Å². The first-order valence-electron chi connectivity index (χ1n) is 11.8. The van der Waals surface area contributed by atoms with Crippen molar-refractivity contribution in [3.63, 3.8) is 0 Å². The van der Waals surface area contributed by atoms with Crippen molar-refractivity contribution in [1.29, 1.82) is 0 Å². The van der Waals surface area contributed by atoms with Crippen molar-refractivity contribution in [1.82, 2.24) is 5.32 Å². The third-order valence-electron chi connectivity index (χ3n) is 6.40. The van der Waals surface area contributed by atoms with Gasteiger partial charge >= 0.3 is 6.09 Å². The molecule has 1 saturated heterocycles. The van der Waals surface area contributed by atoms with Crippen molar-refractivity contribution in [2.75, 3.05) is 24.2 Å². The second-order valence-electron chi connectivity index (χ2n) is 8.95. The fourth-order valence-corrected chi connectivity index (χ4v) is 5.74. The maximum absolute atomic E-state index is 12.6. The predicted octanol–water partition coefficient (Wildman–Crippen LogP) is 4.62. The Balaban J connectivity index is 1.28. The van der Waals surface area contributed by atoms with Gasteiger partial charge in [-0.05, 0) is 49.1 Å². The lowest BCUT2D eigenvalue weighted by Crippen LogP contribution is -2.38. The molecule has 2 amide bonds. The number of thiophene rings is 1. The summed E-state index contributed by atoms with van der Waals surface area (Å²) in [6, 6.07) is 10.0. The van der Waals surface area contributed by atoms with Crippen LogP contribution in [0.2, 0.25) is 0 Å². The number of nitrogen functional groups attached to an aromatic ring is 1. The monoisotopic (exact) mass is 471 g/mol. The van der Waals surface area contributed by atoms with Crippen molar-refractivity contribution in [3.8, 4) is 0 Å². The number of hydrogen-bond donors (Lipinski definition) is 3. The molecule has 1 aliphatic carbocycles. The van der Waals surface area contributed by atoms with Gasteiger partial charge in [-0.1, -0.05) is 37.3 Å². The summed E-state index contributed by atoms with van der Waals surface area (Å²) in [5.41, 5.74) is 9.21. The highest BCUT2D eigenvalue weighted by molar-refractivity contribution is 7.17. The van der Waals surface area contributed by atoms with Gasteiger partial charge in [0.05, 0.1) is 11.8 Å². The van der Waals surface area contributed by atoms with Crippen LogP contribution in [-0.2, 0) is 27.1 Å². The van der Waals surface area contributed by atoms with Crippen LogP contribution in [0, 0.1) is 0 Å². The van der Waals surface area contributed by atoms with Gasteiger partial charge in [-0.2, -0.15) is 0 Å². The molecule has 3 atom stereocenters. The zero-order chi connectivity index (χ0) is 23.2. The number of ether oxygens (including phenoxy) is 2. The van der Waals surface area contributed by atoms with Gasteiger partial charge in [0.15, 0.2) is 0 Å². The maximum Gasteiger partial charge on any atom is 0.407 e. The van der Waals surface area contributed by atoms with Crippen LogP contribution < -0.4 is 16.4 Å². The molecule has 0 bridgehead atoms. The smallest absolute Gasteiger partial charge is 0.407 e. The van der Waals surface area contributed by atoms with E-state index in [-0.39, 0.29) is 24.0 Å². The van der Waals surface area contributed by atoms with Gasteiger partial charge in [0, 0.05) is 30.9 Å².